The van der Waals surface area contributed by atoms with E-state index >= 15 is 0 Å². The molecule has 2 amide bonds. The van der Waals surface area contributed by atoms with Gasteiger partial charge in [0, 0.05) is 18.7 Å². The van der Waals surface area contributed by atoms with Crippen molar-refractivity contribution in [3.63, 3.8) is 0 Å². The predicted molar refractivity (Wildman–Crippen MR) is 136 cm³/mol. The zero-order valence-electron chi connectivity index (χ0n) is 21.1. The minimum absolute atomic E-state index is 0.0628. The van der Waals surface area contributed by atoms with E-state index in [-0.39, 0.29) is 29.9 Å². The number of anilines is 1. The first kappa shape index (κ1) is 28.0. The third kappa shape index (κ3) is 7.61. The van der Waals surface area contributed by atoms with Crippen molar-refractivity contribution >= 4 is 27.5 Å². The van der Waals surface area contributed by atoms with E-state index in [0.29, 0.717) is 5.75 Å². The van der Waals surface area contributed by atoms with E-state index < -0.39 is 28.5 Å². The highest BCUT2D eigenvalue weighted by Gasteiger charge is 2.31. The molecule has 0 aliphatic rings. The molecule has 35 heavy (non-hydrogen) atoms. The van der Waals surface area contributed by atoms with Crippen LogP contribution < -0.4 is 19.1 Å². The van der Waals surface area contributed by atoms with Gasteiger partial charge in [0.15, 0.2) is 0 Å². The summed E-state index contributed by atoms with van der Waals surface area (Å²) in [5, 5.41) is 2.90. The van der Waals surface area contributed by atoms with Gasteiger partial charge in [0.2, 0.25) is 21.8 Å². The van der Waals surface area contributed by atoms with Gasteiger partial charge in [-0.15, -0.1) is 0 Å². The Bertz CT molecular complexity index is 1110. The molecule has 192 valence electrons. The molecule has 0 heterocycles. The minimum atomic E-state index is -3.90. The van der Waals surface area contributed by atoms with E-state index in [4.69, 9.17) is 9.47 Å². The number of sulfonamides is 1. The van der Waals surface area contributed by atoms with Gasteiger partial charge in [-0.3, -0.25) is 13.9 Å². The first-order chi connectivity index (χ1) is 16.5. The molecule has 10 heteroatoms. The molecule has 0 saturated heterocycles. The topological polar surface area (TPSA) is 105 Å². The van der Waals surface area contributed by atoms with Gasteiger partial charge in [0.1, 0.15) is 24.1 Å². The number of nitrogens with one attached hydrogen (secondary N) is 1. The van der Waals surface area contributed by atoms with Crippen molar-refractivity contribution in [2.45, 2.75) is 45.8 Å². The summed E-state index contributed by atoms with van der Waals surface area (Å²) in [6.45, 7) is 5.09. The maximum Gasteiger partial charge on any atom is 0.244 e. The number of rotatable bonds is 12. The van der Waals surface area contributed by atoms with Crippen LogP contribution >= 0.6 is 0 Å². The number of carbonyl (C=O) groups excluding carboxylic acids is 2. The number of carbonyl (C=O) groups is 2. The highest BCUT2D eigenvalue weighted by Crippen LogP contribution is 2.34. The quantitative estimate of drug-likeness (QED) is 0.476. The molecule has 2 aromatic rings. The van der Waals surface area contributed by atoms with Crippen LogP contribution in [-0.4, -0.2) is 64.2 Å². The van der Waals surface area contributed by atoms with Gasteiger partial charge in [-0.1, -0.05) is 37.3 Å². The summed E-state index contributed by atoms with van der Waals surface area (Å²) < 4.78 is 37.1. The number of benzene rings is 2. The summed E-state index contributed by atoms with van der Waals surface area (Å²) in [4.78, 5) is 27.9. The largest absolute Gasteiger partial charge is 0.497 e. The SMILES string of the molecule is CCC(C)NC(=O)C(C)N(Cc1ccccc1)C(=O)CN(c1cc(OC)ccc1OC)S(C)(=O)=O. The molecule has 0 aliphatic heterocycles. The van der Waals surface area contributed by atoms with Crippen LogP contribution in [0.4, 0.5) is 5.69 Å². The Labute approximate surface area is 208 Å². The monoisotopic (exact) mass is 505 g/mol. The second-order valence-corrected chi connectivity index (χ2v) is 10.2. The third-order valence-electron chi connectivity index (χ3n) is 5.70. The molecule has 0 radical (unpaired) electrons. The Morgan fingerprint density at radius 2 is 1.69 bits per heavy atom. The van der Waals surface area contributed by atoms with E-state index in [9.17, 15) is 18.0 Å². The Balaban J connectivity index is 2.45. The summed E-state index contributed by atoms with van der Waals surface area (Å²) in [5.41, 5.74) is 0.980. The molecule has 0 bridgehead atoms. The first-order valence-corrected chi connectivity index (χ1v) is 13.2. The highest BCUT2D eigenvalue weighted by atomic mass is 32.2. The fourth-order valence-electron chi connectivity index (χ4n) is 3.41. The van der Waals surface area contributed by atoms with E-state index in [1.165, 1.54) is 25.2 Å². The van der Waals surface area contributed by atoms with Crippen molar-refractivity contribution in [2.24, 2.45) is 0 Å². The molecular formula is C25H35N3O6S. The number of hydrogen-bond acceptors (Lipinski definition) is 6. The molecule has 1 N–H and O–H groups in total. The van der Waals surface area contributed by atoms with Gasteiger partial charge in [-0.25, -0.2) is 8.42 Å². The Kier molecular flexibility index (Phi) is 9.94. The van der Waals surface area contributed by atoms with Crippen LogP contribution in [0.1, 0.15) is 32.8 Å². The van der Waals surface area contributed by atoms with E-state index in [1.54, 1.807) is 19.1 Å². The molecule has 2 unspecified atom stereocenters. The fraction of sp³-hybridized carbons (Fsp3) is 0.440. The van der Waals surface area contributed by atoms with Gasteiger partial charge in [0.05, 0.1) is 26.2 Å². The van der Waals surface area contributed by atoms with Crippen molar-refractivity contribution in [3.8, 4) is 11.5 Å². The molecule has 9 nitrogen and oxygen atoms in total. The second kappa shape index (κ2) is 12.4. The lowest BCUT2D eigenvalue weighted by Gasteiger charge is -2.32. The number of ether oxygens (including phenoxy) is 2. The van der Waals surface area contributed by atoms with Gasteiger partial charge in [0.25, 0.3) is 0 Å². The molecular weight excluding hydrogens is 470 g/mol. The molecule has 0 aromatic heterocycles. The number of nitrogens with zero attached hydrogens (tertiary/aromatic N) is 2. The Morgan fingerprint density at radius 1 is 1.03 bits per heavy atom. The number of hydrogen-bond donors (Lipinski definition) is 1. The maximum absolute atomic E-state index is 13.6. The van der Waals surface area contributed by atoms with Crippen LogP contribution in [-0.2, 0) is 26.2 Å². The van der Waals surface area contributed by atoms with Gasteiger partial charge >= 0.3 is 0 Å². The third-order valence-corrected chi connectivity index (χ3v) is 6.82. The number of amides is 2. The molecule has 2 atom stereocenters. The average Bonchev–Trinajstić information content (AvgIpc) is 2.84. The summed E-state index contributed by atoms with van der Waals surface area (Å²) >= 11 is 0. The van der Waals surface area contributed by atoms with Crippen molar-refractivity contribution in [1.82, 2.24) is 10.2 Å². The smallest absolute Gasteiger partial charge is 0.244 e. The Hall–Kier alpha value is -3.27. The van der Waals surface area contributed by atoms with Crippen molar-refractivity contribution in [3.05, 3.63) is 54.1 Å². The van der Waals surface area contributed by atoms with Gasteiger partial charge < -0.3 is 19.7 Å². The lowest BCUT2D eigenvalue weighted by Crippen LogP contribution is -2.52. The highest BCUT2D eigenvalue weighted by molar-refractivity contribution is 7.92. The summed E-state index contributed by atoms with van der Waals surface area (Å²) in [6.07, 6.45) is 1.75. The summed E-state index contributed by atoms with van der Waals surface area (Å²) in [6, 6.07) is 13.0. The zero-order chi connectivity index (χ0) is 26.2. The predicted octanol–water partition coefficient (Wildman–Crippen LogP) is 2.80. The lowest BCUT2D eigenvalue weighted by molar-refractivity contribution is -0.139. The van der Waals surface area contributed by atoms with Crippen LogP contribution in [0.3, 0.4) is 0 Å². The van der Waals surface area contributed by atoms with Crippen molar-refractivity contribution in [2.75, 3.05) is 31.3 Å². The summed E-state index contributed by atoms with van der Waals surface area (Å²) in [7, 11) is -1.02. The van der Waals surface area contributed by atoms with Gasteiger partial charge in [-0.2, -0.15) is 0 Å². The van der Waals surface area contributed by atoms with E-state index in [0.717, 1.165) is 22.5 Å². The summed E-state index contributed by atoms with van der Waals surface area (Å²) in [5.74, 6) is -0.171. The zero-order valence-corrected chi connectivity index (χ0v) is 22.0. The fourth-order valence-corrected chi connectivity index (χ4v) is 4.26. The number of methoxy groups -OCH3 is 2. The molecule has 2 aromatic carbocycles. The molecule has 2 rings (SSSR count). The van der Waals surface area contributed by atoms with E-state index in [1.807, 2.05) is 44.2 Å². The van der Waals surface area contributed by atoms with Crippen LogP contribution in [0.5, 0.6) is 11.5 Å². The minimum Gasteiger partial charge on any atom is -0.497 e. The van der Waals surface area contributed by atoms with Crippen LogP contribution in [0.15, 0.2) is 48.5 Å². The van der Waals surface area contributed by atoms with Gasteiger partial charge in [-0.05, 0) is 38.0 Å². The average molecular weight is 506 g/mol. The van der Waals surface area contributed by atoms with Crippen molar-refractivity contribution < 1.29 is 27.5 Å². The van der Waals surface area contributed by atoms with Crippen LogP contribution in [0, 0.1) is 0 Å². The molecule has 0 aliphatic carbocycles. The van der Waals surface area contributed by atoms with Crippen molar-refractivity contribution in [1.29, 1.82) is 0 Å². The maximum atomic E-state index is 13.6. The molecule has 0 spiro atoms. The van der Waals surface area contributed by atoms with Crippen LogP contribution in [0.25, 0.3) is 0 Å². The second-order valence-electron chi connectivity index (χ2n) is 8.31. The Morgan fingerprint density at radius 3 is 2.23 bits per heavy atom. The molecule has 0 saturated carbocycles. The lowest BCUT2D eigenvalue weighted by atomic mass is 10.1. The normalized spacial score (nSPS) is 12.9. The van der Waals surface area contributed by atoms with Crippen LogP contribution in [0.2, 0.25) is 0 Å². The first-order valence-electron chi connectivity index (χ1n) is 11.3. The molecule has 0 fully saturated rings. The van der Waals surface area contributed by atoms with E-state index in [2.05, 4.69) is 5.32 Å². The standard InChI is InChI=1S/C25H35N3O6S/c1-7-18(2)26-25(30)19(3)27(16-20-11-9-8-10-12-20)24(29)17-28(35(6,31)32)22-15-21(33-4)13-14-23(22)34-5/h8-15,18-19H,7,16-17H2,1-6H3,(H,26,30).